The van der Waals surface area contributed by atoms with Crippen LogP contribution in [0.5, 0.6) is 0 Å². The molecule has 0 radical (unpaired) electrons. The van der Waals surface area contributed by atoms with E-state index < -0.39 is 5.60 Å². The third-order valence-corrected chi connectivity index (χ3v) is 4.00. The molecule has 0 unspecified atom stereocenters. The lowest BCUT2D eigenvalue weighted by Crippen LogP contribution is -2.27. The second kappa shape index (κ2) is 5.55. The summed E-state index contributed by atoms with van der Waals surface area (Å²) in [5.74, 6) is 0. The van der Waals surface area contributed by atoms with Crippen LogP contribution in [-0.2, 0) is 4.74 Å². The number of fused-ring (bicyclic) bond motifs is 3. The zero-order chi connectivity index (χ0) is 17.6. The molecular weight excluding hydrogens is 300 g/mol. The van der Waals surface area contributed by atoms with Gasteiger partial charge in [-0.2, -0.15) is 0 Å². The zero-order valence-electron chi connectivity index (χ0n) is 15.2. The highest BCUT2D eigenvalue weighted by atomic mass is 16.6. The maximum absolute atomic E-state index is 12.9. The molecule has 0 saturated heterocycles. The first-order valence-corrected chi connectivity index (χ1v) is 8.13. The van der Waals surface area contributed by atoms with E-state index in [2.05, 4.69) is 24.3 Å². The van der Waals surface area contributed by atoms with Gasteiger partial charge in [0, 0.05) is 30.6 Å². The van der Waals surface area contributed by atoms with Crippen molar-refractivity contribution in [1.29, 1.82) is 0 Å². The van der Waals surface area contributed by atoms with Crippen molar-refractivity contribution in [2.45, 2.75) is 33.3 Å². The Morgan fingerprint density at radius 3 is 2.17 bits per heavy atom. The van der Waals surface area contributed by atoms with Gasteiger partial charge in [0.2, 0.25) is 0 Å². The molecule has 4 heteroatoms. The quantitative estimate of drug-likeness (QED) is 0.635. The number of hydrogen-bond acceptors (Lipinski definition) is 3. The second-order valence-electron chi connectivity index (χ2n) is 7.43. The van der Waals surface area contributed by atoms with Gasteiger partial charge in [-0.05, 0) is 51.5 Å². The summed E-state index contributed by atoms with van der Waals surface area (Å²) in [6.07, 6.45) is -0.344. The molecule has 126 valence electrons. The Morgan fingerprint density at radius 1 is 1.00 bits per heavy atom. The average Bonchev–Trinajstić information content (AvgIpc) is 2.77. The molecule has 1 heterocycles. The fourth-order valence-corrected chi connectivity index (χ4v) is 2.90. The number of aryl methyl sites for hydroxylation is 1. The van der Waals surface area contributed by atoms with Crippen LogP contribution in [0.1, 0.15) is 26.3 Å². The van der Waals surface area contributed by atoms with Gasteiger partial charge in [0.15, 0.2) is 0 Å². The minimum absolute atomic E-state index is 0.344. The molecule has 0 N–H and O–H groups in total. The monoisotopic (exact) mass is 324 g/mol. The highest BCUT2D eigenvalue weighted by Crippen LogP contribution is 2.32. The lowest BCUT2D eigenvalue weighted by Gasteiger charge is -2.20. The van der Waals surface area contributed by atoms with Crippen LogP contribution >= 0.6 is 0 Å². The van der Waals surface area contributed by atoms with Gasteiger partial charge >= 0.3 is 6.09 Å². The minimum atomic E-state index is -0.539. The molecule has 0 amide bonds. The van der Waals surface area contributed by atoms with Crippen molar-refractivity contribution >= 4 is 33.6 Å². The molecule has 1 aromatic heterocycles. The number of carbonyl (C=O) groups excluding carboxylic acids is 1. The van der Waals surface area contributed by atoms with E-state index in [0.29, 0.717) is 0 Å². The standard InChI is InChI=1S/C20H24N2O2/c1-13-7-9-15-16-10-8-14(21(5)6)12-18(16)22(17(15)11-13)19(23)24-20(2,3)4/h7-12H,1-6H3. The third kappa shape index (κ3) is 2.84. The summed E-state index contributed by atoms with van der Waals surface area (Å²) >= 11 is 0. The lowest BCUT2D eigenvalue weighted by atomic mass is 10.1. The van der Waals surface area contributed by atoms with Crippen LogP contribution in [0.3, 0.4) is 0 Å². The van der Waals surface area contributed by atoms with E-state index in [1.807, 2.05) is 58.8 Å². The molecule has 24 heavy (non-hydrogen) atoms. The SMILES string of the molecule is Cc1ccc2c3ccc(N(C)C)cc3n(C(=O)OC(C)(C)C)c2c1. The average molecular weight is 324 g/mol. The molecule has 0 atom stereocenters. The van der Waals surface area contributed by atoms with E-state index in [1.165, 1.54) is 0 Å². The van der Waals surface area contributed by atoms with Crippen molar-refractivity contribution in [3.63, 3.8) is 0 Å². The number of aromatic nitrogens is 1. The molecule has 2 aromatic carbocycles. The van der Waals surface area contributed by atoms with E-state index >= 15 is 0 Å². The van der Waals surface area contributed by atoms with Crippen LogP contribution in [0.25, 0.3) is 21.8 Å². The molecule has 0 spiro atoms. The van der Waals surface area contributed by atoms with Gasteiger partial charge in [-0.1, -0.05) is 18.2 Å². The van der Waals surface area contributed by atoms with Crippen molar-refractivity contribution in [1.82, 2.24) is 4.57 Å². The number of anilines is 1. The number of rotatable bonds is 1. The van der Waals surface area contributed by atoms with E-state index in [-0.39, 0.29) is 6.09 Å². The Hall–Kier alpha value is -2.49. The summed E-state index contributed by atoms with van der Waals surface area (Å²) in [4.78, 5) is 14.9. The molecule has 3 rings (SSSR count). The van der Waals surface area contributed by atoms with E-state index in [4.69, 9.17) is 4.74 Å². The Morgan fingerprint density at radius 2 is 1.58 bits per heavy atom. The highest BCUT2D eigenvalue weighted by Gasteiger charge is 2.22. The minimum Gasteiger partial charge on any atom is -0.443 e. The Bertz CT molecular complexity index is 930. The second-order valence-corrected chi connectivity index (χ2v) is 7.43. The largest absolute Gasteiger partial charge is 0.443 e. The zero-order valence-corrected chi connectivity index (χ0v) is 15.2. The van der Waals surface area contributed by atoms with Gasteiger partial charge in [-0.3, -0.25) is 0 Å². The smallest absolute Gasteiger partial charge is 0.419 e. The summed E-state index contributed by atoms with van der Waals surface area (Å²) in [5.41, 5.74) is 3.38. The Kier molecular flexibility index (Phi) is 3.78. The molecule has 0 aliphatic heterocycles. The van der Waals surface area contributed by atoms with Crippen LogP contribution in [0, 0.1) is 6.92 Å². The van der Waals surface area contributed by atoms with Gasteiger partial charge in [0.05, 0.1) is 11.0 Å². The summed E-state index contributed by atoms with van der Waals surface area (Å²) in [7, 11) is 3.98. The summed E-state index contributed by atoms with van der Waals surface area (Å²) in [6.45, 7) is 7.68. The van der Waals surface area contributed by atoms with Crippen molar-refractivity contribution < 1.29 is 9.53 Å². The van der Waals surface area contributed by atoms with Crippen LogP contribution in [0.15, 0.2) is 36.4 Å². The summed E-state index contributed by atoms with van der Waals surface area (Å²) in [5, 5.41) is 2.12. The van der Waals surface area contributed by atoms with Crippen LogP contribution in [0.2, 0.25) is 0 Å². The molecule has 0 aliphatic carbocycles. The maximum atomic E-state index is 12.9. The van der Waals surface area contributed by atoms with Crippen molar-refractivity contribution in [3.05, 3.63) is 42.0 Å². The number of benzene rings is 2. The number of carbonyl (C=O) groups is 1. The summed E-state index contributed by atoms with van der Waals surface area (Å²) < 4.78 is 7.34. The first kappa shape index (κ1) is 16.4. The van der Waals surface area contributed by atoms with Gasteiger partial charge in [-0.25, -0.2) is 9.36 Å². The van der Waals surface area contributed by atoms with E-state index in [0.717, 1.165) is 33.1 Å². The highest BCUT2D eigenvalue weighted by molar-refractivity contribution is 6.13. The third-order valence-electron chi connectivity index (χ3n) is 4.00. The van der Waals surface area contributed by atoms with Gasteiger partial charge < -0.3 is 9.64 Å². The van der Waals surface area contributed by atoms with Crippen LogP contribution < -0.4 is 4.90 Å². The molecule has 0 aliphatic rings. The Labute approximate surface area is 142 Å². The van der Waals surface area contributed by atoms with Gasteiger partial charge in [0.1, 0.15) is 5.60 Å². The van der Waals surface area contributed by atoms with Gasteiger partial charge in [-0.15, -0.1) is 0 Å². The van der Waals surface area contributed by atoms with Crippen LogP contribution in [-0.4, -0.2) is 30.4 Å². The lowest BCUT2D eigenvalue weighted by molar-refractivity contribution is 0.0551. The number of nitrogens with zero attached hydrogens (tertiary/aromatic N) is 2. The van der Waals surface area contributed by atoms with Crippen molar-refractivity contribution in [2.75, 3.05) is 19.0 Å². The van der Waals surface area contributed by atoms with Gasteiger partial charge in [0.25, 0.3) is 0 Å². The first-order valence-electron chi connectivity index (χ1n) is 8.13. The number of ether oxygens (including phenoxy) is 1. The van der Waals surface area contributed by atoms with Crippen molar-refractivity contribution in [2.24, 2.45) is 0 Å². The Balaban J connectivity index is 2.34. The van der Waals surface area contributed by atoms with E-state index in [1.54, 1.807) is 4.57 Å². The maximum Gasteiger partial charge on any atom is 0.419 e. The normalized spacial score (nSPS) is 11.9. The predicted molar refractivity (Wildman–Crippen MR) is 100 cm³/mol. The summed E-state index contributed by atoms with van der Waals surface area (Å²) in [6, 6.07) is 12.4. The molecule has 0 bridgehead atoms. The fourth-order valence-electron chi connectivity index (χ4n) is 2.90. The first-order chi connectivity index (χ1) is 11.2. The number of hydrogen-bond donors (Lipinski definition) is 0. The fraction of sp³-hybridized carbons (Fsp3) is 0.350. The predicted octanol–water partition coefficient (Wildman–Crippen LogP) is 4.95. The molecule has 4 nitrogen and oxygen atoms in total. The molecule has 0 saturated carbocycles. The topological polar surface area (TPSA) is 34.5 Å². The molecular formula is C20H24N2O2. The molecule has 0 fully saturated rings. The van der Waals surface area contributed by atoms with Crippen LogP contribution in [0.4, 0.5) is 10.5 Å². The van der Waals surface area contributed by atoms with Crippen molar-refractivity contribution in [3.8, 4) is 0 Å². The van der Waals surface area contributed by atoms with E-state index in [9.17, 15) is 4.79 Å². The molecule has 3 aromatic rings.